The molecule has 0 amide bonds. The van der Waals surface area contributed by atoms with Crippen LogP contribution in [0.4, 0.5) is 4.39 Å². The van der Waals surface area contributed by atoms with E-state index in [1.807, 2.05) is 0 Å². The molecule has 0 unspecified atom stereocenters. The Bertz CT molecular complexity index is 623. The topological polar surface area (TPSA) is 55.1 Å². The quantitative estimate of drug-likeness (QED) is 0.846. The molecule has 1 aromatic carbocycles. The Morgan fingerprint density at radius 1 is 1.32 bits per heavy atom. The summed E-state index contributed by atoms with van der Waals surface area (Å²) in [7, 11) is 1.53. The van der Waals surface area contributed by atoms with Crippen LogP contribution in [0.2, 0.25) is 0 Å². The van der Waals surface area contributed by atoms with Crippen LogP contribution < -0.4 is 9.47 Å². The number of hydrogen-bond acceptors (Lipinski definition) is 4. The second-order valence-electron chi connectivity index (χ2n) is 3.71. The van der Waals surface area contributed by atoms with Gasteiger partial charge < -0.3 is 9.47 Å². The summed E-state index contributed by atoms with van der Waals surface area (Å²) >= 11 is 0. The molecule has 0 radical (unpaired) electrons. The molecule has 0 aliphatic carbocycles. The van der Waals surface area contributed by atoms with E-state index in [1.165, 1.54) is 19.2 Å². The number of aromatic nitrogens is 1. The molecule has 0 N–H and O–H groups in total. The second-order valence-corrected chi connectivity index (χ2v) is 3.71. The molecule has 0 spiro atoms. The van der Waals surface area contributed by atoms with Gasteiger partial charge in [0.2, 0.25) is 5.88 Å². The van der Waals surface area contributed by atoms with Crippen molar-refractivity contribution in [1.82, 2.24) is 4.98 Å². The van der Waals surface area contributed by atoms with Crippen molar-refractivity contribution in [3.05, 3.63) is 53.5 Å². The van der Waals surface area contributed by atoms with Crippen LogP contribution >= 0.6 is 0 Å². The Morgan fingerprint density at radius 2 is 2.16 bits per heavy atom. The van der Waals surface area contributed by atoms with Crippen LogP contribution in [0.25, 0.3) is 0 Å². The molecule has 2 rings (SSSR count). The van der Waals surface area contributed by atoms with E-state index >= 15 is 0 Å². The lowest BCUT2D eigenvalue weighted by Gasteiger charge is -2.07. The third-order valence-electron chi connectivity index (χ3n) is 2.44. The Morgan fingerprint density at radius 3 is 2.84 bits per heavy atom. The highest BCUT2D eigenvalue weighted by Gasteiger charge is 2.04. The van der Waals surface area contributed by atoms with Crippen molar-refractivity contribution >= 4 is 0 Å². The van der Waals surface area contributed by atoms with Crippen LogP contribution in [0, 0.1) is 17.1 Å². The predicted molar refractivity (Wildman–Crippen MR) is 66.2 cm³/mol. The van der Waals surface area contributed by atoms with Gasteiger partial charge in [0, 0.05) is 12.1 Å². The van der Waals surface area contributed by atoms with Crippen molar-refractivity contribution in [2.45, 2.75) is 6.61 Å². The van der Waals surface area contributed by atoms with Crippen molar-refractivity contribution in [2.75, 3.05) is 7.11 Å². The summed E-state index contributed by atoms with van der Waals surface area (Å²) in [6.45, 7) is 0.197. The van der Waals surface area contributed by atoms with Gasteiger partial charge in [-0.3, -0.25) is 0 Å². The van der Waals surface area contributed by atoms with Crippen LogP contribution in [0.1, 0.15) is 11.3 Å². The smallest absolute Gasteiger partial charge is 0.213 e. The molecule has 0 saturated carbocycles. The summed E-state index contributed by atoms with van der Waals surface area (Å²) in [5.41, 5.74) is 0.663. The third kappa shape index (κ3) is 3.19. The van der Waals surface area contributed by atoms with Gasteiger partial charge in [0.05, 0.1) is 18.4 Å². The number of nitriles is 1. The maximum absolute atomic E-state index is 13.4. The molecule has 0 bridgehead atoms. The summed E-state index contributed by atoms with van der Waals surface area (Å²) < 4.78 is 23.8. The first-order valence-electron chi connectivity index (χ1n) is 5.55. The zero-order valence-corrected chi connectivity index (χ0v) is 10.3. The number of pyridine rings is 1. The fourth-order valence-corrected chi connectivity index (χ4v) is 1.49. The monoisotopic (exact) mass is 258 g/mol. The molecular formula is C14H11FN2O2. The number of benzene rings is 1. The molecular weight excluding hydrogens is 247 g/mol. The van der Waals surface area contributed by atoms with Gasteiger partial charge in [-0.1, -0.05) is 6.07 Å². The van der Waals surface area contributed by atoms with Crippen LogP contribution in [-0.2, 0) is 6.61 Å². The van der Waals surface area contributed by atoms with E-state index < -0.39 is 5.82 Å². The number of rotatable bonds is 4. The molecule has 2 aromatic rings. The summed E-state index contributed by atoms with van der Waals surface area (Å²) in [6.07, 6.45) is 0. The van der Waals surface area contributed by atoms with Crippen molar-refractivity contribution in [3.8, 4) is 17.7 Å². The molecule has 0 saturated heterocycles. The van der Waals surface area contributed by atoms with Gasteiger partial charge in [0.1, 0.15) is 24.2 Å². The Kier molecular flexibility index (Phi) is 3.94. The Labute approximate surface area is 110 Å². The van der Waals surface area contributed by atoms with E-state index in [0.29, 0.717) is 17.3 Å². The van der Waals surface area contributed by atoms with Crippen molar-refractivity contribution in [1.29, 1.82) is 5.26 Å². The highest BCUT2D eigenvalue weighted by atomic mass is 19.1. The van der Waals surface area contributed by atoms with Gasteiger partial charge in [-0.15, -0.1) is 0 Å². The molecule has 1 aromatic heterocycles. The molecule has 0 aliphatic heterocycles. The predicted octanol–water partition coefficient (Wildman–Crippen LogP) is 2.68. The molecule has 0 atom stereocenters. The van der Waals surface area contributed by atoms with Crippen molar-refractivity contribution in [3.63, 3.8) is 0 Å². The molecule has 5 heteroatoms. The van der Waals surface area contributed by atoms with E-state index in [0.717, 1.165) is 0 Å². The number of methoxy groups -OCH3 is 1. The van der Waals surface area contributed by atoms with Crippen LogP contribution in [0.3, 0.4) is 0 Å². The summed E-state index contributed by atoms with van der Waals surface area (Å²) in [4.78, 5) is 4.17. The molecule has 0 aliphatic rings. The van der Waals surface area contributed by atoms with E-state index in [9.17, 15) is 4.39 Å². The van der Waals surface area contributed by atoms with E-state index in [4.69, 9.17) is 14.7 Å². The minimum atomic E-state index is -0.599. The van der Waals surface area contributed by atoms with E-state index in [2.05, 4.69) is 4.98 Å². The lowest BCUT2D eigenvalue weighted by molar-refractivity contribution is 0.296. The van der Waals surface area contributed by atoms with Gasteiger partial charge >= 0.3 is 0 Å². The van der Waals surface area contributed by atoms with Gasteiger partial charge in [-0.05, 0) is 18.2 Å². The van der Waals surface area contributed by atoms with Gasteiger partial charge in [0.25, 0.3) is 0 Å². The molecule has 1 heterocycles. The van der Waals surface area contributed by atoms with Crippen molar-refractivity contribution in [2.24, 2.45) is 0 Å². The first kappa shape index (κ1) is 12.8. The second kappa shape index (κ2) is 5.83. The minimum Gasteiger partial charge on any atom is -0.487 e. The van der Waals surface area contributed by atoms with Gasteiger partial charge in [-0.25, -0.2) is 9.37 Å². The molecule has 4 nitrogen and oxygen atoms in total. The Balaban J connectivity index is 2.06. The number of nitrogens with zero attached hydrogens (tertiary/aromatic N) is 2. The number of ether oxygens (including phenoxy) is 2. The van der Waals surface area contributed by atoms with Gasteiger partial charge in [-0.2, -0.15) is 5.26 Å². The fraction of sp³-hybridized carbons (Fsp3) is 0.143. The Hall–Kier alpha value is -2.61. The highest BCUT2D eigenvalue weighted by molar-refractivity contribution is 5.36. The number of halogens is 1. The maximum Gasteiger partial charge on any atom is 0.213 e. The average molecular weight is 258 g/mol. The zero-order chi connectivity index (χ0) is 13.7. The summed E-state index contributed by atoms with van der Waals surface area (Å²) in [6, 6.07) is 11.2. The molecule has 19 heavy (non-hydrogen) atoms. The summed E-state index contributed by atoms with van der Waals surface area (Å²) in [5.74, 6) is 0.242. The average Bonchev–Trinajstić information content (AvgIpc) is 2.45. The van der Waals surface area contributed by atoms with Crippen LogP contribution in [0.15, 0.2) is 36.4 Å². The number of hydrogen-bond donors (Lipinski definition) is 0. The van der Waals surface area contributed by atoms with Crippen LogP contribution in [-0.4, -0.2) is 12.1 Å². The zero-order valence-electron chi connectivity index (χ0n) is 10.3. The van der Waals surface area contributed by atoms with E-state index in [1.54, 1.807) is 30.3 Å². The maximum atomic E-state index is 13.4. The minimum absolute atomic E-state index is 0.00754. The summed E-state index contributed by atoms with van der Waals surface area (Å²) in [5, 5.41) is 8.62. The van der Waals surface area contributed by atoms with Crippen molar-refractivity contribution < 1.29 is 13.9 Å². The first-order valence-corrected chi connectivity index (χ1v) is 5.55. The normalized spacial score (nSPS) is 9.74. The van der Waals surface area contributed by atoms with Crippen LogP contribution in [0.5, 0.6) is 11.6 Å². The largest absolute Gasteiger partial charge is 0.487 e. The van der Waals surface area contributed by atoms with E-state index in [-0.39, 0.29) is 12.2 Å². The van der Waals surface area contributed by atoms with Gasteiger partial charge in [0.15, 0.2) is 0 Å². The lowest BCUT2D eigenvalue weighted by atomic mass is 10.2. The SMILES string of the molecule is COc1cccc(COc2ccc(C#N)c(F)c2)n1. The molecule has 96 valence electrons. The highest BCUT2D eigenvalue weighted by Crippen LogP contribution is 2.17. The lowest BCUT2D eigenvalue weighted by Crippen LogP contribution is -2.00. The third-order valence-corrected chi connectivity index (χ3v) is 2.44. The standard InChI is InChI=1S/C14H11FN2O2/c1-18-14-4-2-3-11(17-14)9-19-12-6-5-10(8-16)13(15)7-12/h2-7H,9H2,1H3. The first-order chi connectivity index (χ1) is 9.22. The molecule has 0 fully saturated rings. The fourth-order valence-electron chi connectivity index (χ4n) is 1.49.